The van der Waals surface area contributed by atoms with Crippen LogP contribution in [0.2, 0.25) is 5.02 Å². The third-order valence-corrected chi connectivity index (χ3v) is 13.2. The number of thioether (sulfide) groups is 1. The molecule has 244 valence electrons. The molecule has 7 unspecified atom stereocenters. The number of thiazole rings is 1. The third-order valence-electron chi connectivity index (χ3n) is 10.2. The van der Waals surface area contributed by atoms with Gasteiger partial charge in [0.15, 0.2) is 0 Å². The number of imide groups is 1. The molecule has 12 heteroatoms. The molecule has 3 aromatic carbocycles. The van der Waals surface area contributed by atoms with E-state index in [2.05, 4.69) is 5.32 Å². The van der Waals surface area contributed by atoms with Crippen LogP contribution < -0.4 is 15.1 Å². The van der Waals surface area contributed by atoms with Crippen molar-refractivity contribution in [3.8, 4) is 0 Å². The number of nitrogens with zero attached hydrogens (tertiary/aromatic N) is 2. The predicted octanol–water partition coefficient (Wildman–Crippen LogP) is 6.06. The van der Waals surface area contributed by atoms with E-state index in [1.54, 1.807) is 55.1 Å². The minimum absolute atomic E-state index is 0.0179. The Balaban J connectivity index is 1.12. The zero-order chi connectivity index (χ0) is 33.3. The van der Waals surface area contributed by atoms with E-state index in [4.69, 9.17) is 16.3 Å². The van der Waals surface area contributed by atoms with E-state index >= 15 is 0 Å². The minimum Gasteiger partial charge on any atom is -0.462 e. The number of para-hydroxylation sites is 1. The normalized spacial score (nSPS) is 26.6. The maximum atomic E-state index is 14.0. The molecule has 3 fully saturated rings. The monoisotopic (exact) mass is 699 g/mol. The molecule has 2 aliphatic heterocycles. The summed E-state index contributed by atoms with van der Waals surface area (Å²) in [6, 6.07) is 23.2. The van der Waals surface area contributed by atoms with Crippen molar-refractivity contribution in [3.63, 3.8) is 0 Å². The molecule has 3 heterocycles. The highest BCUT2D eigenvalue weighted by atomic mass is 35.5. The molecule has 3 amide bonds. The summed E-state index contributed by atoms with van der Waals surface area (Å²) in [5, 5.41) is 4.16. The van der Waals surface area contributed by atoms with E-state index in [1.807, 2.05) is 42.5 Å². The molecule has 0 spiro atoms. The van der Waals surface area contributed by atoms with Gasteiger partial charge < -0.3 is 10.1 Å². The van der Waals surface area contributed by atoms with E-state index in [-0.39, 0.29) is 64.7 Å². The van der Waals surface area contributed by atoms with Crippen molar-refractivity contribution in [3.05, 3.63) is 110 Å². The van der Waals surface area contributed by atoms with E-state index < -0.39 is 17.8 Å². The van der Waals surface area contributed by atoms with Crippen LogP contribution in [0.5, 0.6) is 0 Å². The van der Waals surface area contributed by atoms with Crippen LogP contribution in [-0.2, 0) is 25.7 Å². The first-order valence-corrected chi connectivity index (χ1v) is 18.0. The number of nitrogens with one attached hydrogen (secondary N) is 1. The van der Waals surface area contributed by atoms with Crippen molar-refractivity contribution < 1.29 is 23.9 Å². The van der Waals surface area contributed by atoms with Crippen molar-refractivity contribution in [2.24, 2.45) is 29.6 Å². The number of carbonyl (C=O) groups excluding carboxylic acids is 4. The summed E-state index contributed by atoms with van der Waals surface area (Å²) in [7, 11) is 0. The Morgan fingerprint density at radius 2 is 1.60 bits per heavy atom. The zero-order valence-corrected chi connectivity index (χ0v) is 28.1. The van der Waals surface area contributed by atoms with Crippen molar-refractivity contribution in [2.45, 2.75) is 36.1 Å². The number of aromatic nitrogens is 1. The van der Waals surface area contributed by atoms with Crippen LogP contribution in [-0.4, -0.2) is 40.1 Å². The highest BCUT2D eigenvalue weighted by molar-refractivity contribution is 8.00. The first-order chi connectivity index (χ1) is 23.2. The minimum atomic E-state index is -0.444. The number of carbonyl (C=O) groups is 4. The van der Waals surface area contributed by atoms with Crippen LogP contribution in [0, 0.1) is 29.6 Å². The standard InChI is InChI=1S/C36H30ClN3O6S2/c1-2-46-35(44)19-10-14-21(15-11-19)38-25(41)17-39-34-31(48-36(39)45)26(18-8-12-20(37)13-9-18)27-23-16-24(30(27)47-34)29-28(23)32(42)40(33(29)43)22-6-4-3-5-7-22/h3-15,23-24,26-30H,2,16-17H2,1H3,(H,38,41). The fraction of sp³-hybridized carbons (Fsp3) is 0.306. The maximum Gasteiger partial charge on any atom is 0.338 e. The van der Waals surface area contributed by atoms with Crippen LogP contribution >= 0.6 is 34.7 Å². The van der Waals surface area contributed by atoms with Gasteiger partial charge in [-0.3, -0.25) is 28.6 Å². The van der Waals surface area contributed by atoms with Gasteiger partial charge in [0.05, 0.1) is 34.7 Å². The molecule has 2 aliphatic carbocycles. The number of benzene rings is 3. The van der Waals surface area contributed by atoms with Gasteiger partial charge in [-0.1, -0.05) is 53.3 Å². The molecule has 1 N–H and O–H groups in total. The largest absolute Gasteiger partial charge is 0.462 e. The zero-order valence-electron chi connectivity index (χ0n) is 25.7. The van der Waals surface area contributed by atoms with Crippen molar-refractivity contribution in [1.29, 1.82) is 0 Å². The number of anilines is 2. The van der Waals surface area contributed by atoms with Gasteiger partial charge >= 0.3 is 10.8 Å². The van der Waals surface area contributed by atoms with Crippen molar-refractivity contribution in [2.75, 3.05) is 16.8 Å². The number of halogens is 1. The Morgan fingerprint density at radius 3 is 2.29 bits per heavy atom. The lowest BCUT2D eigenvalue weighted by Gasteiger charge is -2.43. The molecule has 2 bridgehead atoms. The van der Waals surface area contributed by atoms with Crippen molar-refractivity contribution in [1.82, 2.24) is 4.57 Å². The van der Waals surface area contributed by atoms with E-state index in [9.17, 15) is 24.0 Å². The number of amides is 3. The third kappa shape index (κ3) is 4.93. The quantitative estimate of drug-likeness (QED) is 0.184. The number of rotatable bonds is 7. The maximum absolute atomic E-state index is 14.0. The fourth-order valence-electron chi connectivity index (χ4n) is 8.38. The van der Waals surface area contributed by atoms with Gasteiger partial charge in [0, 0.05) is 26.8 Å². The second kappa shape index (κ2) is 12.0. The Hall–Kier alpha value is -4.19. The topological polar surface area (TPSA) is 115 Å². The SMILES string of the molecule is CCOC(=O)c1ccc(NC(=O)Cn2c3c(sc2=O)C(c2ccc(Cl)cc2)C2C4CC(C2S3)C2C(=O)N(c3ccccc3)C(=O)C42)cc1. The van der Waals surface area contributed by atoms with Gasteiger partial charge in [-0.05, 0) is 85.2 Å². The second-order valence-corrected chi connectivity index (χ2v) is 15.2. The number of fused-ring (bicyclic) bond motifs is 9. The molecule has 48 heavy (non-hydrogen) atoms. The molecule has 1 saturated heterocycles. The molecule has 0 radical (unpaired) electrons. The highest BCUT2D eigenvalue weighted by Gasteiger charge is 2.69. The summed E-state index contributed by atoms with van der Waals surface area (Å²) < 4.78 is 6.56. The second-order valence-electron chi connectivity index (χ2n) is 12.6. The van der Waals surface area contributed by atoms with E-state index in [1.165, 1.54) is 9.47 Å². The van der Waals surface area contributed by atoms with Gasteiger partial charge in [-0.2, -0.15) is 0 Å². The first kappa shape index (κ1) is 31.1. The molecule has 9 nitrogen and oxygen atoms in total. The Bertz CT molecular complexity index is 2010. The van der Waals surface area contributed by atoms with Gasteiger partial charge in [0.1, 0.15) is 6.54 Å². The van der Waals surface area contributed by atoms with Crippen LogP contribution in [0.4, 0.5) is 11.4 Å². The Labute approximate surface area is 289 Å². The molecule has 4 aliphatic rings. The van der Waals surface area contributed by atoms with Gasteiger partial charge in [0.2, 0.25) is 17.7 Å². The molecular formula is C36H30ClN3O6S2. The molecular weight excluding hydrogens is 670 g/mol. The van der Waals surface area contributed by atoms with Crippen LogP contribution in [0.3, 0.4) is 0 Å². The molecule has 1 aromatic heterocycles. The lowest BCUT2D eigenvalue weighted by atomic mass is 9.68. The molecule has 2 saturated carbocycles. The summed E-state index contributed by atoms with van der Waals surface area (Å²) in [6.07, 6.45) is 0.767. The molecule has 8 rings (SSSR count). The Morgan fingerprint density at radius 1 is 0.917 bits per heavy atom. The van der Waals surface area contributed by atoms with Crippen molar-refractivity contribution >= 4 is 69.8 Å². The van der Waals surface area contributed by atoms with E-state index in [0.29, 0.717) is 22.0 Å². The summed E-state index contributed by atoms with van der Waals surface area (Å²) >= 11 is 9.01. The average molecular weight is 700 g/mol. The van der Waals surface area contributed by atoms with Gasteiger partial charge in [-0.15, -0.1) is 11.8 Å². The lowest BCUT2D eigenvalue weighted by molar-refractivity contribution is -0.123. The first-order valence-electron chi connectivity index (χ1n) is 15.9. The lowest BCUT2D eigenvalue weighted by Crippen LogP contribution is -2.43. The smallest absolute Gasteiger partial charge is 0.338 e. The molecule has 7 atom stereocenters. The number of hydrogen-bond donors (Lipinski definition) is 1. The van der Waals surface area contributed by atoms with Gasteiger partial charge in [-0.25, -0.2) is 4.79 Å². The fourth-order valence-corrected chi connectivity index (χ4v) is 11.6. The number of esters is 1. The van der Waals surface area contributed by atoms with Gasteiger partial charge in [0.25, 0.3) is 0 Å². The summed E-state index contributed by atoms with van der Waals surface area (Å²) in [5.74, 6) is -2.15. The summed E-state index contributed by atoms with van der Waals surface area (Å²) in [4.78, 5) is 68.8. The average Bonchev–Trinajstić information content (AvgIpc) is 3.81. The van der Waals surface area contributed by atoms with E-state index in [0.717, 1.165) is 33.2 Å². The number of ether oxygens (including phenoxy) is 1. The molecule has 4 aromatic rings. The predicted molar refractivity (Wildman–Crippen MR) is 184 cm³/mol. The van der Waals surface area contributed by atoms with Crippen LogP contribution in [0.25, 0.3) is 0 Å². The van der Waals surface area contributed by atoms with Crippen LogP contribution in [0.1, 0.15) is 40.1 Å². The summed E-state index contributed by atoms with van der Waals surface area (Å²) in [6.45, 7) is 1.80. The summed E-state index contributed by atoms with van der Waals surface area (Å²) in [5.41, 5.74) is 2.46. The highest BCUT2D eigenvalue weighted by Crippen LogP contribution is 2.69. The Kier molecular flexibility index (Phi) is 7.81. The van der Waals surface area contributed by atoms with Crippen LogP contribution in [0.15, 0.2) is 88.7 Å². The number of hydrogen-bond acceptors (Lipinski definition) is 8.